The van der Waals surface area contributed by atoms with E-state index in [4.69, 9.17) is 30.3 Å². The number of nitrogens with zero attached hydrogens (tertiary/aromatic N) is 3. The summed E-state index contributed by atoms with van der Waals surface area (Å²) in [5.41, 5.74) is 1.36. The van der Waals surface area contributed by atoms with Gasteiger partial charge in [-0.1, -0.05) is 16.8 Å². The lowest BCUT2D eigenvalue weighted by Gasteiger charge is -2.19. The Morgan fingerprint density at radius 3 is 2.90 bits per heavy atom. The molecule has 2 aliphatic heterocycles. The van der Waals surface area contributed by atoms with E-state index >= 15 is 0 Å². The molecule has 3 aromatic rings. The second-order valence-electron chi connectivity index (χ2n) is 6.75. The largest absolute Gasteiger partial charge is 0.495 e. The standard InChI is InChI=1S/C20H16ClN3O5/c1-26-15-5-3-13(21)8-14(15)24-9-12(7-18(24)25)19-22-20(29-23-19)11-2-4-16-17(6-11)28-10-27-16/h2-6,8,12H,7,9-10H2,1H3. The summed E-state index contributed by atoms with van der Waals surface area (Å²) in [6.07, 6.45) is 0.274. The molecule has 1 amide bonds. The van der Waals surface area contributed by atoms with E-state index in [1.807, 2.05) is 6.07 Å². The van der Waals surface area contributed by atoms with Crippen LogP contribution < -0.4 is 19.1 Å². The van der Waals surface area contributed by atoms with Crippen LogP contribution in [0.5, 0.6) is 17.2 Å². The molecule has 1 saturated heterocycles. The topological polar surface area (TPSA) is 86.9 Å². The molecule has 148 valence electrons. The van der Waals surface area contributed by atoms with Crippen molar-refractivity contribution in [3.63, 3.8) is 0 Å². The highest BCUT2D eigenvalue weighted by molar-refractivity contribution is 6.31. The molecule has 0 bridgehead atoms. The normalized spacial score (nSPS) is 17.8. The van der Waals surface area contributed by atoms with Gasteiger partial charge in [0.2, 0.25) is 12.7 Å². The molecule has 0 spiro atoms. The fourth-order valence-corrected chi connectivity index (χ4v) is 3.70. The number of halogens is 1. The van der Waals surface area contributed by atoms with Gasteiger partial charge in [0.05, 0.1) is 12.8 Å². The lowest BCUT2D eigenvalue weighted by atomic mass is 10.1. The summed E-state index contributed by atoms with van der Waals surface area (Å²) in [7, 11) is 1.56. The van der Waals surface area contributed by atoms with Gasteiger partial charge in [0.15, 0.2) is 17.3 Å². The summed E-state index contributed by atoms with van der Waals surface area (Å²) < 4.78 is 21.5. The Kier molecular flexibility index (Phi) is 4.28. The van der Waals surface area contributed by atoms with Gasteiger partial charge in [-0.2, -0.15) is 4.98 Å². The summed E-state index contributed by atoms with van der Waals surface area (Å²) in [4.78, 5) is 18.8. The van der Waals surface area contributed by atoms with Crippen LogP contribution in [0.2, 0.25) is 5.02 Å². The molecular weight excluding hydrogens is 398 g/mol. The Hall–Kier alpha value is -3.26. The SMILES string of the molecule is COc1ccc(Cl)cc1N1CC(c2noc(-c3ccc4c(c3)OCO4)n2)CC1=O. The van der Waals surface area contributed by atoms with Gasteiger partial charge in [-0.25, -0.2) is 0 Å². The third-order valence-electron chi connectivity index (χ3n) is 4.98. The minimum Gasteiger partial charge on any atom is -0.495 e. The first-order chi connectivity index (χ1) is 14.1. The van der Waals surface area contributed by atoms with Gasteiger partial charge in [0.25, 0.3) is 5.89 Å². The first-order valence-electron chi connectivity index (χ1n) is 9.00. The fraction of sp³-hybridized carbons (Fsp3) is 0.250. The van der Waals surface area contributed by atoms with Crippen molar-refractivity contribution >= 4 is 23.2 Å². The van der Waals surface area contributed by atoms with Crippen LogP contribution in [0.25, 0.3) is 11.5 Å². The van der Waals surface area contributed by atoms with Crippen molar-refractivity contribution in [2.75, 3.05) is 25.3 Å². The average Bonchev–Trinajstić information content (AvgIpc) is 3.46. The Morgan fingerprint density at radius 1 is 1.17 bits per heavy atom. The minimum atomic E-state index is -0.197. The van der Waals surface area contributed by atoms with E-state index in [1.165, 1.54) is 0 Å². The molecule has 1 fully saturated rings. The molecule has 0 saturated carbocycles. The van der Waals surface area contributed by atoms with Gasteiger partial charge in [-0.3, -0.25) is 4.79 Å². The average molecular weight is 414 g/mol. The highest BCUT2D eigenvalue weighted by Gasteiger charge is 2.36. The van der Waals surface area contributed by atoms with Crippen molar-refractivity contribution in [3.8, 4) is 28.7 Å². The number of amides is 1. The number of carbonyl (C=O) groups is 1. The van der Waals surface area contributed by atoms with Crippen molar-refractivity contribution in [2.24, 2.45) is 0 Å². The van der Waals surface area contributed by atoms with Crippen molar-refractivity contribution in [2.45, 2.75) is 12.3 Å². The van der Waals surface area contributed by atoms with Gasteiger partial charge in [0, 0.05) is 29.5 Å². The maximum atomic E-state index is 12.7. The first-order valence-corrected chi connectivity index (χ1v) is 9.37. The third-order valence-corrected chi connectivity index (χ3v) is 5.22. The number of carbonyl (C=O) groups excluding carboxylic acids is 1. The van der Waals surface area contributed by atoms with Crippen LogP contribution in [0.15, 0.2) is 40.9 Å². The van der Waals surface area contributed by atoms with Crippen molar-refractivity contribution in [1.29, 1.82) is 0 Å². The quantitative estimate of drug-likeness (QED) is 0.645. The van der Waals surface area contributed by atoms with E-state index in [1.54, 1.807) is 42.3 Å². The molecule has 9 heteroatoms. The second-order valence-corrected chi connectivity index (χ2v) is 7.18. The molecule has 5 rings (SSSR count). The molecule has 1 atom stereocenters. The Labute approximate surface area is 170 Å². The highest BCUT2D eigenvalue weighted by atomic mass is 35.5. The number of rotatable bonds is 4. The number of anilines is 1. The van der Waals surface area contributed by atoms with E-state index in [2.05, 4.69) is 10.1 Å². The summed E-state index contributed by atoms with van der Waals surface area (Å²) in [5.74, 6) is 2.50. The zero-order chi connectivity index (χ0) is 20.0. The second kappa shape index (κ2) is 6.97. The van der Waals surface area contributed by atoms with Crippen LogP contribution in [-0.4, -0.2) is 36.5 Å². The molecule has 0 N–H and O–H groups in total. The molecule has 2 aliphatic rings. The molecule has 3 heterocycles. The summed E-state index contributed by atoms with van der Waals surface area (Å²) in [5, 5.41) is 4.63. The lowest BCUT2D eigenvalue weighted by Crippen LogP contribution is -2.24. The highest BCUT2D eigenvalue weighted by Crippen LogP contribution is 2.39. The summed E-state index contributed by atoms with van der Waals surface area (Å²) in [6.45, 7) is 0.608. The maximum absolute atomic E-state index is 12.7. The van der Waals surface area contributed by atoms with E-state index in [-0.39, 0.29) is 25.0 Å². The van der Waals surface area contributed by atoms with Crippen molar-refractivity contribution < 1.29 is 23.5 Å². The molecule has 8 nitrogen and oxygen atoms in total. The number of fused-ring (bicyclic) bond motifs is 1. The monoisotopic (exact) mass is 413 g/mol. The van der Waals surface area contributed by atoms with Crippen molar-refractivity contribution in [1.82, 2.24) is 10.1 Å². The number of ether oxygens (including phenoxy) is 3. The van der Waals surface area contributed by atoms with Gasteiger partial charge in [-0.05, 0) is 36.4 Å². The van der Waals surface area contributed by atoms with Crippen LogP contribution in [0.1, 0.15) is 18.2 Å². The van der Waals surface area contributed by atoms with E-state index in [0.29, 0.717) is 46.2 Å². The number of methoxy groups -OCH3 is 1. The zero-order valence-corrected chi connectivity index (χ0v) is 16.2. The van der Waals surface area contributed by atoms with Gasteiger partial charge in [0.1, 0.15) is 5.75 Å². The van der Waals surface area contributed by atoms with Crippen LogP contribution in [0.4, 0.5) is 5.69 Å². The first kappa shape index (κ1) is 17.8. The fourth-order valence-electron chi connectivity index (χ4n) is 3.53. The Morgan fingerprint density at radius 2 is 2.03 bits per heavy atom. The van der Waals surface area contributed by atoms with Crippen LogP contribution in [0, 0.1) is 0 Å². The molecule has 1 unspecified atom stereocenters. The van der Waals surface area contributed by atoms with Crippen LogP contribution in [-0.2, 0) is 4.79 Å². The predicted octanol–water partition coefficient (Wildman–Crippen LogP) is 3.65. The summed E-state index contributed by atoms with van der Waals surface area (Å²) in [6, 6.07) is 10.6. The number of aromatic nitrogens is 2. The van der Waals surface area contributed by atoms with Gasteiger partial charge >= 0.3 is 0 Å². The van der Waals surface area contributed by atoms with Gasteiger partial charge in [-0.15, -0.1) is 0 Å². The molecule has 0 radical (unpaired) electrons. The van der Waals surface area contributed by atoms with E-state index < -0.39 is 0 Å². The molecular formula is C20H16ClN3O5. The maximum Gasteiger partial charge on any atom is 0.258 e. The third kappa shape index (κ3) is 3.15. The van der Waals surface area contributed by atoms with Crippen molar-refractivity contribution in [3.05, 3.63) is 47.2 Å². The van der Waals surface area contributed by atoms with Gasteiger partial charge < -0.3 is 23.6 Å². The van der Waals surface area contributed by atoms with E-state index in [9.17, 15) is 4.79 Å². The van der Waals surface area contributed by atoms with E-state index in [0.717, 1.165) is 5.56 Å². The number of hydrogen-bond acceptors (Lipinski definition) is 7. The molecule has 2 aromatic carbocycles. The lowest BCUT2D eigenvalue weighted by molar-refractivity contribution is -0.117. The Balaban J connectivity index is 1.39. The van der Waals surface area contributed by atoms with Crippen LogP contribution >= 0.6 is 11.6 Å². The number of hydrogen-bond donors (Lipinski definition) is 0. The molecule has 0 aliphatic carbocycles. The molecule has 29 heavy (non-hydrogen) atoms. The number of benzene rings is 2. The minimum absolute atomic E-state index is 0.0509. The Bertz CT molecular complexity index is 1100. The zero-order valence-electron chi connectivity index (χ0n) is 15.4. The molecule has 1 aromatic heterocycles. The summed E-state index contributed by atoms with van der Waals surface area (Å²) >= 11 is 6.11. The smallest absolute Gasteiger partial charge is 0.258 e. The van der Waals surface area contributed by atoms with Crippen LogP contribution in [0.3, 0.4) is 0 Å². The predicted molar refractivity (Wildman–Crippen MR) is 104 cm³/mol.